The number of nitrogens with one attached hydrogen (secondary N) is 1. The number of unbranched alkanes of at least 4 members (excludes halogenated alkanes) is 1. The Hall–Kier alpha value is -2.44. The Labute approximate surface area is 146 Å². The van der Waals surface area contributed by atoms with Crippen molar-refractivity contribution in [1.29, 1.82) is 0 Å². The van der Waals surface area contributed by atoms with Crippen LogP contribution in [0.2, 0.25) is 0 Å². The van der Waals surface area contributed by atoms with Gasteiger partial charge in [-0.05, 0) is 31.2 Å². The number of methoxy groups -OCH3 is 1. The van der Waals surface area contributed by atoms with E-state index in [9.17, 15) is 19.7 Å². The molecule has 7 heteroatoms. The van der Waals surface area contributed by atoms with Gasteiger partial charge in [0, 0.05) is 23.7 Å². The van der Waals surface area contributed by atoms with Crippen molar-refractivity contribution in [3.63, 3.8) is 0 Å². The molecule has 1 fully saturated rings. The second-order valence-electron chi connectivity index (χ2n) is 6.43. The van der Waals surface area contributed by atoms with Crippen LogP contribution < -0.4 is 5.32 Å². The van der Waals surface area contributed by atoms with E-state index in [1.807, 2.05) is 0 Å². The highest BCUT2D eigenvalue weighted by Gasteiger charge is 2.29. The molecule has 1 amide bonds. The number of nitro groups is 1. The van der Waals surface area contributed by atoms with Crippen LogP contribution in [0, 0.1) is 16.0 Å². The number of ether oxygens (including phenoxy) is 1. The van der Waals surface area contributed by atoms with Crippen LogP contribution in [0.15, 0.2) is 18.2 Å². The molecule has 2 unspecified atom stereocenters. The second-order valence-corrected chi connectivity index (χ2v) is 6.43. The van der Waals surface area contributed by atoms with Crippen molar-refractivity contribution < 1.29 is 19.2 Å². The third-order valence-electron chi connectivity index (χ3n) is 4.72. The number of carbonyl (C=O) groups excluding carboxylic acids is 2. The highest BCUT2D eigenvalue weighted by Crippen LogP contribution is 2.30. The number of hydrogen-bond donors (Lipinski definition) is 1. The largest absolute Gasteiger partial charge is 0.465 e. The van der Waals surface area contributed by atoms with Gasteiger partial charge in [0.2, 0.25) is 0 Å². The lowest BCUT2D eigenvalue weighted by Gasteiger charge is -2.21. The molecule has 25 heavy (non-hydrogen) atoms. The number of hydrogen-bond acceptors (Lipinski definition) is 5. The minimum Gasteiger partial charge on any atom is -0.465 e. The molecule has 0 radical (unpaired) electrons. The third-order valence-corrected chi connectivity index (χ3v) is 4.72. The molecule has 0 aliphatic heterocycles. The summed E-state index contributed by atoms with van der Waals surface area (Å²) in [6.07, 6.45) is 6.39. The van der Waals surface area contributed by atoms with E-state index in [-0.39, 0.29) is 28.8 Å². The molecule has 2 atom stereocenters. The van der Waals surface area contributed by atoms with Crippen molar-refractivity contribution in [1.82, 2.24) is 5.32 Å². The first kappa shape index (κ1) is 18.9. The number of nitrogens with zero attached hydrogens (tertiary/aromatic N) is 1. The standard InChI is InChI=1S/C18H24N2O5/c1-3-4-6-12-7-5-8-16(12)19-17(21)13-9-14(18(22)25-2)11-15(10-13)20(23)24/h9-12,16H,3-8H2,1-2H3,(H,19,21). The molecule has 0 saturated heterocycles. The van der Waals surface area contributed by atoms with Crippen molar-refractivity contribution in [2.45, 2.75) is 51.5 Å². The van der Waals surface area contributed by atoms with Crippen LogP contribution in [0.25, 0.3) is 0 Å². The first-order valence-corrected chi connectivity index (χ1v) is 8.65. The van der Waals surface area contributed by atoms with E-state index in [1.165, 1.54) is 19.2 Å². The SMILES string of the molecule is CCCCC1CCCC1NC(=O)c1cc(C(=O)OC)cc([N+](=O)[O-])c1. The van der Waals surface area contributed by atoms with Crippen molar-refractivity contribution in [2.24, 2.45) is 5.92 Å². The first-order valence-electron chi connectivity index (χ1n) is 8.65. The monoisotopic (exact) mass is 348 g/mol. The van der Waals surface area contributed by atoms with Gasteiger partial charge in [0.05, 0.1) is 17.6 Å². The predicted molar refractivity (Wildman–Crippen MR) is 92.6 cm³/mol. The van der Waals surface area contributed by atoms with Gasteiger partial charge in [0.25, 0.3) is 11.6 Å². The number of carbonyl (C=O) groups is 2. The van der Waals surface area contributed by atoms with E-state index in [4.69, 9.17) is 0 Å². The highest BCUT2D eigenvalue weighted by atomic mass is 16.6. The second kappa shape index (κ2) is 8.60. The van der Waals surface area contributed by atoms with Gasteiger partial charge >= 0.3 is 5.97 Å². The lowest BCUT2D eigenvalue weighted by molar-refractivity contribution is -0.384. The van der Waals surface area contributed by atoms with Crippen LogP contribution in [-0.2, 0) is 4.74 Å². The maximum atomic E-state index is 12.6. The van der Waals surface area contributed by atoms with Gasteiger partial charge < -0.3 is 10.1 Å². The molecule has 1 aliphatic rings. The van der Waals surface area contributed by atoms with Crippen LogP contribution in [0.1, 0.15) is 66.2 Å². The van der Waals surface area contributed by atoms with E-state index in [2.05, 4.69) is 17.0 Å². The van der Waals surface area contributed by atoms with Crippen molar-refractivity contribution in [2.75, 3.05) is 7.11 Å². The van der Waals surface area contributed by atoms with Gasteiger partial charge in [-0.2, -0.15) is 0 Å². The fourth-order valence-electron chi connectivity index (χ4n) is 3.37. The third kappa shape index (κ3) is 4.78. The van der Waals surface area contributed by atoms with Gasteiger partial charge in [-0.25, -0.2) is 4.79 Å². The Bertz CT molecular complexity index is 659. The molecule has 1 aromatic carbocycles. The lowest BCUT2D eigenvalue weighted by atomic mass is 9.96. The summed E-state index contributed by atoms with van der Waals surface area (Å²) in [5, 5.41) is 14.1. The summed E-state index contributed by atoms with van der Waals surface area (Å²) in [4.78, 5) is 34.7. The quantitative estimate of drug-likeness (QED) is 0.462. The molecule has 0 bridgehead atoms. The molecule has 7 nitrogen and oxygen atoms in total. The Balaban J connectivity index is 2.18. The summed E-state index contributed by atoms with van der Waals surface area (Å²) in [6.45, 7) is 2.14. The number of esters is 1. The van der Waals surface area contributed by atoms with Crippen molar-refractivity contribution >= 4 is 17.6 Å². The topological polar surface area (TPSA) is 98.5 Å². The van der Waals surface area contributed by atoms with Crippen molar-refractivity contribution in [3.8, 4) is 0 Å². The zero-order valence-electron chi connectivity index (χ0n) is 14.6. The summed E-state index contributed by atoms with van der Waals surface area (Å²) in [5.41, 5.74) is -0.200. The number of non-ortho nitro benzene ring substituents is 1. The predicted octanol–water partition coefficient (Wildman–Crippen LogP) is 3.47. The average Bonchev–Trinajstić information content (AvgIpc) is 3.05. The number of benzene rings is 1. The summed E-state index contributed by atoms with van der Waals surface area (Å²) in [6, 6.07) is 3.73. The molecule has 0 spiro atoms. The number of amides is 1. The van der Waals surface area contributed by atoms with Crippen LogP contribution in [0.3, 0.4) is 0 Å². The Morgan fingerprint density at radius 1 is 1.28 bits per heavy atom. The minimum atomic E-state index is -0.709. The maximum absolute atomic E-state index is 12.6. The molecular weight excluding hydrogens is 324 g/mol. The van der Waals surface area contributed by atoms with Gasteiger partial charge in [-0.1, -0.05) is 26.2 Å². The summed E-state index contributed by atoms with van der Waals surface area (Å²) < 4.78 is 4.61. The van der Waals surface area contributed by atoms with E-state index in [0.717, 1.165) is 44.6 Å². The summed E-state index contributed by atoms with van der Waals surface area (Å²) in [7, 11) is 1.19. The normalized spacial score (nSPS) is 19.4. The van der Waals surface area contributed by atoms with Crippen LogP contribution >= 0.6 is 0 Å². The Kier molecular flexibility index (Phi) is 6.50. The van der Waals surface area contributed by atoms with E-state index < -0.39 is 10.9 Å². The first-order chi connectivity index (χ1) is 12.0. The van der Waals surface area contributed by atoms with E-state index >= 15 is 0 Å². The van der Waals surface area contributed by atoms with Crippen molar-refractivity contribution in [3.05, 3.63) is 39.4 Å². The fourth-order valence-corrected chi connectivity index (χ4v) is 3.37. The Morgan fingerprint density at radius 2 is 2.00 bits per heavy atom. The maximum Gasteiger partial charge on any atom is 0.338 e. The number of rotatable bonds is 7. The molecule has 2 rings (SSSR count). The van der Waals surface area contributed by atoms with Crippen LogP contribution in [-0.4, -0.2) is 30.0 Å². The molecule has 136 valence electrons. The van der Waals surface area contributed by atoms with E-state index in [1.54, 1.807) is 0 Å². The highest BCUT2D eigenvalue weighted by molar-refractivity contribution is 5.99. The van der Waals surface area contributed by atoms with Crippen LogP contribution in [0.5, 0.6) is 0 Å². The van der Waals surface area contributed by atoms with Crippen LogP contribution in [0.4, 0.5) is 5.69 Å². The minimum absolute atomic E-state index is 0.00388. The molecule has 1 aromatic rings. The van der Waals surface area contributed by atoms with Gasteiger partial charge in [-0.15, -0.1) is 0 Å². The van der Waals surface area contributed by atoms with Gasteiger partial charge in [-0.3, -0.25) is 14.9 Å². The number of nitro benzene ring substituents is 1. The molecule has 0 heterocycles. The smallest absolute Gasteiger partial charge is 0.338 e. The van der Waals surface area contributed by atoms with Gasteiger partial charge in [0.1, 0.15) is 0 Å². The zero-order chi connectivity index (χ0) is 18.4. The summed E-state index contributed by atoms with van der Waals surface area (Å²) in [5.74, 6) is -0.649. The molecule has 1 aliphatic carbocycles. The summed E-state index contributed by atoms with van der Waals surface area (Å²) >= 11 is 0. The molecule has 0 aromatic heterocycles. The molecular formula is C18H24N2O5. The van der Waals surface area contributed by atoms with Gasteiger partial charge in [0.15, 0.2) is 0 Å². The lowest BCUT2D eigenvalue weighted by Crippen LogP contribution is -2.37. The molecule has 1 saturated carbocycles. The average molecular weight is 348 g/mol. The Morgan fingerprint density at radius 3 is 2.64 bits per heavy atom. The fraction of sp³-hybridized carbons (Fsp3) is 0.556. The van der Waals surface area contributed by atoms with E-state index in [0.29, 0.717) is 5.92 Å². The zero-order valence-corrected chi connectivity index (χ0v) is 14.6. The molecule has 1 N–H and O–H groups in total.